The number of esters is 1. The van der Waals surface area contributed by atoms with Crippen LogP contribution in [0.4, 0.5) is 0 Å². The molecule has 5 heteroatoms. The van der Waals surface area contributed by atoms with Crippen LogP contribution < -0.4 is 4.74 Å². The number of carbonyl (C=O) groups is 1. The number of nitriles is 1. The van der Waals surface area contributed by atoms with Gasteiger partial charge in [-0.25, -0.2) is 4.79 Å². The van der Waals surface area contributed by atoms with Crippen LogP contribution in [0.15, 0.2) is 60.7 Å². The highest BCUT2D eigenvalue weighted by atomic mass is 16.5. The van der Waals surface area contributed by atoms with Crippen LogP contribution in [0.2, 0.25) is 0 Å². The van der Waals surface area contributed by atoms with Gasteiger partial charge in [0.1, 0.15) is 5.75 Å². The third-order valence-corrected chi connectivity index (χ3v) is 4.35. The number of carbonyl (C=O) groups excluding carboxylic acids is 1. The Hall–Kier alpha value is -3.10. The van der Waals surface area contributed by atoms with Crippen molar-refractivity contribution >= 4 is 5.97 Å². The van der Waals surface area contributed by atoms with Gasteiger partial charge in [-0.2, -0.15) is 5.26 Å². The fourth-order valence-electron chi connectivity index (χ4n) is 2.73. The molecule has 0 saturated heterocycles. The third kappa shape index (κ3) is 7.81. The molecule has 2 rings (SSSR count). The van der Waals surface area contributed by atoms with Gasteiger partial charge in [-0.1, -0.05) is 30.8 Å². The van der Waals surface area contributed by atoms with Crippen LogP contribution >= 0.6 is 0 Å². The first-order valence-corrected chi connectivity index (χ1v) is 9.71. The molecule has 152 valence electrons. The summed E-state index contributed by atoms with van der Waals surface area (Å²) in [6, 6.07) is 17.6. The predicted octanol–water partition coefficient (Wildman–Crippen LogP) is 4.91. The molecule has 0 heterocycles. The first kappa shape index (κ1) is 22.2. The molecule has 2 aromatic rings. The van der Waals surface area contributed by atoms with E-state index in [1.807, 2.05) is 48.5 Å². The summed E-state index contributed by atoms with van der Waals surface area (Å²) < 4.78 is 15.8. The summed E-state index contributed by atoms with van der Waals surface area (Å²) in [6.45, 7) is 4.87. The molecule has 0 saturated carbocycles. The maximum absolute atomic E-state index is 11.5. The SMILES string of the molecule is C=C(COC)C(=O)OCCCCCCOc1ccc(-c2ccc(C#N)cc2)cc1. The Balaban J connectivity index is 1.59. The highest BCUT2D eigenvalue weighted by molar-refractivity contribution is 5.87. The number of rotatable bonds is 12. The average molecular weight is 393 g/mol. The Morgan fingerprint density at radius 1 is 0.931 bits per heavy atom. The smallest absolute Gasteiger partial charge is 0.335 e. The first-order chi connectivity index (χ1) is 14.1. The molecule has 29 heavy (non-hydrogen) atoms. The summed E-state index contributed by atoms with van der Waals surface area (Å²) in [5.41, 5.74) is 3.15. The van der Waals surface area contributed by atoms with Crippen molar-refractivity contribution in [2.24, 2.45) is 0 Å². The highest BCUT2D eigenvalue weighted by Gasteiger charge is 2.07. The van der Waals surface area contributed by atoms with Gasteiger partial charge in [-0.3, -0.25) is 0 Å². The van der Waals surface area contributed by atoms with Crippen molar-refractivity contribution < 1.29 is 19.0 Å². The van der Waals surface area contributed by atoms with Gasteiger partial charge in [0.05, 0.1) is 37.0 Å². The topological polar surface area (TPSA) is 68.6 Å². The van der Waals surface area contributed by atoms with E-state index in [9.17, 15) is 4.79 Å². The van der Waals surface area contributed by atoms with Crippen LogP contribution in [0.25, 0.3) is 11.1 Å². The van der Waals surface area contributed by atoms with Crippen LogP contribution in [0.1, 0.15) is 31.2 Å². The van der Waals surface area contributed by atoms with Gasteiger partial charge in [0.2, 0.25) is 0 Å². The fourth-order valence-corrected chi connectivity index (χ4v) is 2.73. The molecule has 0 aliphatic carbocycles. The van der Waals surface area contributed by atoms with Crippen LogP contribution in [-0.4, -0.2) is 32.9 Å². The monoisotopic (exact) mass is 393 g/mol. The molecule has 0 aliphatic rings. The Kier molecular flexibility index (Phi) is 9.47. The molecule has 0 spiro atoms. The zero-order chi connectivity index (χ0) is 20.9. The van der Waals surface area contributed by atoms with E-state index in [-0.39, 0.29) is 12.6 Å². The van der Waals surface area contributed by atoms with Crippen molar-refractivity contribution in [2.75, 3.05) is 26.9 Å². The van der Waals surface area contributed by atoms with Gasteiger partial charge in [0.15, 0.2) is 0 Å². The van der Waals surface area contributed by atoms with Crippen LogP contribution in [0, 0.1) is 11.3 Å². The normalized spacial score (nSPS) is 10.2. The fraction of sp³-hybridized carbons (Fsp3) is 0.333. The Morgan fingerprint density at radius 2 is 1.52 bits per heavy atom. The minimum atomic E-state index is -0.389. The molecule has 0 aromatic heterocycles. The predicted molar refractivity (Wildman–Crippen MR) is 113 cm³/mol. The lowest BCUT2D eigenvalue weighted by atomic mass is 10.0. The Labute approximate surface area is 172 Å². The number of nitrogens with zero attached hydrogens (tertiary/aromatic N) is 1. The molecule has 0 aliphatic heterocycles. The van der Waals surface area contributed by atoms with Gasteiger partial charge >= 0.3 is 5.97 Å². The molecule has 0 radical (unpaired) electrons. The average Bonchev–Trinajstić information content (AvgIpc) is 2.76. The van der Waals surface area contributed by atoms with Gasteiger partial charge in [-0.05, 0) is 61.1 Å². The van der Waals surface area contributed by atoms with Crippen molar-refractivity contribution in [1.29, 1.82) is 5.26 Å². The molecule has 5 nitrogen and oxygen atoms in total. The lowest BCUT2D eigenvalue weighted by Crippen LogP contribution is -2.11. The minimum absolute atomic E-state index is 0.199. The van der Waals surface area contributed by atoms with Crippen molar-refractivity contribution in [1.82, 2.24) is 0 Å². The van der Waals surface area contributed by atoms with Gasteiger partial charge in [-0.15, -0.1) is 0 Å². The van der Waals surface area contributed by atoms with Crippen molar-refractivity contribution in [3.63, 3.8) is 0 Å². The number of ether oxygens (including phenoxy) is 3. The van der Waals surface area contributed by atoms with E-state index < -0.39 is 0 Å². The maximum atomic E-state index is 11.5. The number of hydrogen-bond acceptors (Lipinski definition) is 5. The Morgan fingerprint density at radius 3 is 2.10 bits per heavy atom. The van der Waals surface area contributed by atoms with Crippen LogP contribution in [-0.2, 0) is 14.3 Å². The molecule has 0 atom stereocenters. The van der Waals surface area contributed by atoms with Crippen molar-refractivity contribution in [3.8, 4) is 22.9 Å². The largest absolute Gasteiger partial charge is 0.494 e. The number of unbranched alkanes of at least 4 members (excludes halogenated alkanes) is 3. The van der Waals surface area contributed by atoms with E-state index in [1.165, 1.54) is 7.11 Å². The molecular weight excluding hydrogens is 366 g/mol. The van der Waals surface area contributed by atoms with Gasteiger partial charge < -0.3 is 14.2 Å². The summed E-state index contributed by atoms with van der Waals surface area (Å²) in [5.74, 6) is 0.451. The van der Waals surface area contributed by atoms with Crippen molar-refractivity contribution in [2.45, 2.75) is 25.7 Å². The molecule has 0 bridgehead atoms. The zero-order valence-corrected chi connectivity index (χ0v) is 16.9. The maximum Gasteiger partial charge on any atom is 0.335 e. The number of methoxy groups -OCH3 is 1. The molecule has 2 aromatic carbocycles. The lowest BCUT2D eigenvalue weighted by molar-refractivity contribution is -0.139. The molecule has 0 N–H and O–H groups in total. The standard InChI is InChI=1S/C24H27NO4/c1-19(18-27-2)24(26)29-16-6-4-3-5-15-28-23-13-11-22(12-14-23)21-9-7-20(17-25)8-10-21/h7-14H,1,3-6,15-16,18H2,2H3. The second-order valence-corrected chi connectivity index (χ2v) is 6.65. The highest BCUT2D eigenvalue weighted by Crippen LogP contribution is 2.23. The van der Waals surface area contributed by atoms with Gasteiger partial charge in [0.25, 0.3) is 0 Å². The summed E-state index contributed by atoms with van der Waals surface area (Å²) in [7, 11) is 1.52. The molecular formula is C24H27NO4. The second kappa shape index (κ2) is 12.4. The lowest BCUT2D eigenvalue weighted by Gasteiger charge is -2.08. The molecule has 0 amide bonds. The van der Waals surface area contributed by atoms with E-state index in [0.717, 1.165) is 42.6 Å². The Bertz CT molecular complexity index is 819. The summed E-state index contributed by atoms with van der Waals surface area (Å²) in [6.07, 6.45) is 3.76. The number of hydrogen-bond donors (Lipinski definition) is 0. The summed E-state index contributed by atoms with van der Waals surface area (Å²) in [4.78, 5) is 11.5. The second-order valence-electron chi connectivity index (χ2n) is 6.65. The molecule has 0 fully saturated rings. The van der Waals surface area contributed by atoms with Gasteiger partial charge in [0, 0.05) is 7.11 Å². The quantitative estimate of drug-likeness (QED) is 0.291. The van der Waals surface area contributed by atoms with Crippen LogP contribution in [0.3, 0.4) is 0 Å². The summed E-state index contributed by atoms with van der Waals surface area (Å²) >= 11 is 0. The van der Waals surface area contributed by atoms with E-state index in [2.05, 4.69) is 12.6 Å². The number of benzene rings is 2. The molecule has 0 unspecified atom stereocenters. The van der Waals surface area contributed by atoms with E-state index in [4.69, 9.17) is 19.5 Å². The van der Waals surface area contributed by atoms with E-state index in [0.29, 0.717) is 24.4 Å². The first-order valence-electron chi connectivity index (χ1n) is 9.71. The van der Waals surface area contributed by atoms with E-state index in [1.54, 1.807) is 0 Å². The third-order valence-electron chi connectivity index (χ3n) is 4.35. The van der Waals surface area contributed by atoms with Crippen molar-refractivity contribution in [3.05, 3.63) is 66.2 Å². The minimum Gasteiger partial charge on any atom is -0.494 e. The van der Waals surface area contributed by atoms with Crippen LogP contribution in [0.5, 0.6) is 5.75 Å². The summed E-state index contributed by atoms with van der Waals surface area (Å²) in [5, 5.41) is 8.86. The zero-order valence-electron chi connectivity index (χ0n) is 16.9. The van der Waals surface area contributed by atoms with E-state index >= 15 is 0 Å².